The average Bonchev–Trinajstić information content (AvgIpc) is 3.47. The molecule has 30 heavy (non-hydrogen) atoms. The number of nitro groups is 1. The van der Waals surface area contributed by atoms with Gasteiger partial charge in [0, 0.05) is 36.9 Å². The van der Waals surface area contributed by atoms with E-state index >= 15 is 0 Å². The van der Waals surface area contributed by atoms with Gasteiger partial charge in [-0.05, 0) is 48.9 Å². The predicted molar refractivity (Wildman–Crippen MR) is 109 cm³/mol. The van der Waals surface area contributed by atoms with Gasteiger partial charge in [-0.25, -0.2) is 0 Å². The smallest absolute Gasteiger partial charge is 0.294 e. The second kappa shape index (κ2) is 8.15. The van der Waals surface area contributed by atoms with E-state index in [9.17, 15) is 24.5 Å². The van der Waals surface area contributed by atoms with E-state index in [0.29, 0.717) is 30.2 Å². The number of hydrogen-bond donors (Lipinski definition) is 0. The van der Waals surface area contributed by atoms with Gasteiger partial charge in [-0.2, -0.15) is 0 Å². The summed E-state index contributed by atoms with van der Waals surface area (Å²) in [6, 6.07) is 9.20. The fraction of sp³-hybridized carbons (Fsp3) is 0.250. The van der Waals surface area contributed by atoms with Gasteiger partial charge < -0.3 is 9.32 Å². The Morgan fingerprint density at radius 3 is 2.50 bits per heavy atom. The molecule has 0 atom stereocenters. The number of nitro benzene ring substituents is 1. The highest BCUT2D eigenvalue weighted by atomic mass is 32.2. The number of benzene rings is 1. The van der Waals surface area contributed by atoms with Crippen LogP contribution < -0.4 is 0 Å². The molecule has 2 aliphatic heterocycles. The van der Waals surface area contributed by atoms with Gasteiger partial charge in [0.1, 0.15) is 18.1 Å². The molecule has 2 aliphatic rings. The van der Waals surface area contributed by atoms with E-state index < -0.39 is 16.1 Å². The van der Waals surface area contributed by atoms with Crippen LogP contribution in [0, 0.1) is 10.1 Å². The molecule has 4 rings (SSSR count). The Morgan fingerprint density at radius 1 is 1.13 bits per heavy atom. The zero-order chi connectivity index (χ0) is 21.3. The second-order valence-corrected chi connectivity index (χ2v) is 7.85. The molecule has 3 amide bonds. The quantitative estimate of drug-likeness (QED) is 0.407. The number of hydrogen-bond acceptors (Lipinski definition) is 7. The maximum atomic E-state index is 12.6. The predicted octanol–water partition coefficient (Wildman–Crippen LogP) is 3.51. The van der Waals surface area contributed by atoms with Crippen LogP contribution in [0.15, 0.2) is 45.7 Å². The largest absolute Gasteiger partial charge is 0.457 e. The summed E-state index contributed by atoms with van der Waals surface area (Å²) in [4.78, 5) is 50.2. The lowest BCUT2D eigenvalue weighted by Gasteiger charge is -2.18. The van der Waals surface area contributed by atoms with Gasteiger partial charge in [-0.15, -0.1) is 0 Å². The van der Waals surface area contributed by atoms with Crippen LogP contribution in [0.5, 0.6) is 0 Å². The van der Waals surface area contributed by atoms with Gasteiger partial charge in [0.25, 0.3) is 16.8 Å². The number of imide groups is 1. The maximum Gasteiger partial charge on any atom is 0.294 e. The Bertz CT molecular complexity index is 1050. The van der Waals surface area contributed by atoms with Gasteiger partial charge in [-0.3, -0.25) is 29.4 Å². The third-order valence-corrected chi connectivity index (χ3v) is 5.80. The summed E-state index contributed by atoms with van der Waals surface area (Å²) in [6.45, 7) is 1.06. The summed E-state index contributed by atoms with van der Waals surface area (Å²) >= 11 is 0.764. The van der Waals surface area contributed by atoms with Crippen molar-refractivity contribution < 1.29 is 23.7 Å². The highest BCUT2D eigenvalue weighted by Crippen LogP contribution is 2.33. The minimum Gasteiger partial charge on any atom is -0.457 e. The second-order valence-electron chi connectivity index (χ2n) is 6.86. The Balaban J connectivity index is 1.47. The van der Waals surface area contributed by atoms with Crippen LogP contribution in [-0.2, 0) is 9.59 Å². The van der Waals surface area contributed by atoms with Gasteiger partial charge in [0.2, 0.25) is 5.91 Å². The van der Waals surface area contributed by atoms with E-state index in [1.165, 1.54) is 18.2 Å². The van der Waals surface area contributed by atoms with E-state index in [4.69, 9.17) is 4.42 Å². The standard InChI is InChI=1S/C20H17N3O6S/c24-18(21-9-1-2-10-21)12-22-19(25)17(30-20(22)26)11-15-7-8-16(29-15)13-3-5-14(6-4-13)23(27)28/h3-8,11H,1-2,9-10,12H2/b17-11+. The zero-order valence-electron chi connectivity index (χ0n) is 15.8. The molecule has 2 fully saturated rings. The molecule has 3 heterocycles. The van der Waals surface area contributed by atoms with Crippen molar-refractivity contribution in [3.05, 3.63) is 57.2 Å². The minimum atomic E-state index is -0.522. The van der Waals surface area contributed by atoms with Gasteiger partial charge >= 0.3 is 0 Å². The van der Waals surface area contributed by atoms with E-state index in [1.807, 2.05) is 0 Å². The molecule has 2 aromatic rings. The molecule has 154 valence electrons. The lowest BCUT2D eigenvalue weighted by atomic mass is 10.1. The topological polar surface area (TPSA) is 114 Å². The molecule has 10 heteroatoms. The lowest BCUT2D eigenvalue weighted by Crippen LogP contribution is -2.40. The van der Waals surface area contributed by atoms with Crippen LogP contribution in [0.3, 0.4) is 0 Å². The highest BCUT2D eigenvalue weighted by molar-refractivity contribution is 8.18. The number of likely N-dealkylation sites (tertiary alicyclic amines) is 1. The van der Waals surface area contributed by atoms with Crippen LogP contribution in [0.1, 0.15) is 18.6 Å². The van der Waals surface area contributed by atoms with Crippen LogP contribution in [0.4, 0.5) is 10.5 Å². The normalized spacial score (nSPS) is 17.9. The number of carbonyl (C=O) groups excluding carboxylic acids is 3. The minimum absolute atomic E-state index is 0.0253. The number of carbonyl (C=O) groups is 3. The zero-order valence-corrected chi connectivity index (χ0v) is 16.6. The van der Waals surface area contributed by atoms with Crippen molar-refractivity contribution in [2.24, 2.45) is 0 Å². The first-order chi connectivity index (χ1) is 14.4. The SMILES string of the molecule is O=C(CN1C(=O)S/C(=C/c2ccc(-c3ccc([N+](=O)[O-])cc3)o2)C1=O)N1CCCC1. The molecule has 0 saturated carbocycles. The number of non-ortho nitro benzene ring substituents is 1. The molecule has 0 unspecified atom stereocenters. The van der Waals surface area contributed by atoms with E-state index in [0.717, 1.165) is 29.5 Å². The number of thioether (sulfide) groups is 1. The first-order valence-corrected chi connectivity index (χ1v) is 10.1. The number of amides is 3. The summed E-state index contributed by atoms with van der Waals surface area (Å²) in [7, 11) is 0. The molecule has 9 nitrogen and oxygen atoms in total. The first-order valence-electron chi connectivity index (χ1n) is 9.30. The monoisotopic (exact) mass is 427 g/mol. The molecule has 0 bridgehead atoms. The van der Waals surface area contributed by atoms with Crippen molar-refractivity contribution in [1.82, 2.24) is 9.80 Å². The Hall–Kier alpha value is -3.40. The number of nitrogens with zero attached hydrogens (tertiary/aromatic N) is 3. The van der Waals surface area contributed by atoms with E-state index in [-0.39, 0.29) is 23.0 Å². The Labute approximate surface area is 175 Å². The first kappa shape index (κ1) is 19.9. The van der Waals surface area contributed by atoms with E-state index in [2.05, 4.69) is 0 Å². The van der Waals surface area contributed by atoms with Gasteiger partial charge in [0.15, 0.2) is 0 Å². The Kier molecular flexibility index (Phi) is 5.40. The summed E-state index contributed by atoms with van der Waals surface area (Å²) in [5.74, 6) is 0.0830. The van der Waals surface area contributed by atoms with Crippen LogP contribution in [0.2, 0.25) is 0 Å². The van der Waals surface area contributed by atoms with Crippen molar-refractivity contribution in [1.29, 1.82) is 0 Å². The summed E-state index contributed by atoms with van der Waals surface area (Å²) in [5.41, 5.74) is 0.618. The average molecular weight is 427 g/mol. The molecule has 0 spiro atoms. The van der Waals surface area contributed by atoms with Gasteiger partial charge in [0.05, 0.1) is 9.83 Å². The molecule has 0 radical (unpaired) electrons. The number of rotatable bonds is 5. The fourth-order valence-electron chi connectivity index (χ4n) is 3.30. The molecule has 1 aromatic carbocycles. The van der Waals surface area contributed by atoms with Crippen molar-refractivity contribution in [2.75, 3.05) is 19.6 Å². The van der Waals surface area contributed by atoms with Crippen LogP contribution in [-0.4, -0.2) is 51.4 Å². The third kappa shape index (κ3) is 3.99. The molecular formula is C20H17N3O6S. The molecule has 1 aromatic heterocycles. The molecular weight excluding hydrogens is 410 g/mol. The third-order valence-electron chi connectivity index (χ3n) is 4.89. The molecule has 0 aliphatic carbocycles. The van der Waals surface area contributed by atoms with Crippen molar-refractivity contribution in [3.8, 4) is 11.3 Å². The molecule has 2 saturated heterocycles. The fourth-order valence-corrected chi connectivity index (χ4v) is 4.12. The van der Waals surface area contributed by atoms with Crippen molar-refractivity contribution in [3.63, 3.8) is 0 Å². The van der Waals surface area contributed by atoms with E-state index in [1.54, 1.807) is 29.2 Å². The van der Waals surface area contributed by atoms with Crippen molar-refractivity contribution in [2.45, 2.75) is 12.8 Å². The Morgan fingerprint density at radius 2 is 1.83 bits per heavy atom. The molecule has 0 N–H and O–H groups in total. The number of furan rings is 1. The maximum absolute atomic E-state index is 12.6. The van der Waals surface area contributed by atoms with Crippen LogP contribution in [0.25, 0.3) is 17.4 Å². The van der Waals surface area contributed by atoms with Gasteiger partial charge in [-0.1, -0.05) is 0 Å². The highest BCUT2D eigenvalue weighted by Gasteiger charge is 2.37. The lowest BCUT2D eigenvalue weighted by molar-refractivity contribution is -0.384. The van der Waals surface area contributed by atoms with Crippen molar-refractivity contribution >= 4 is 40.6 Å². The summed E-state index contributed by atoms with van der Waals surface area (Å²) in [5, 5.41) is 10.3. The summed E-state index contributed by atoms with van der Waals surface area (Å²) < 4.78 is 5.70. The van der Waals surface area contributed by atoms with Crippen LogP contribution >= 0.6 is 11.8 Å². The summed E-state index contributed by atoms with van der Waals surface area (Å²) in [6.07, 6.45) is 3.33.